The molecule has 138 valence electrons. The van der Waals surface area contributed by atoms with Crippen LogP contribution in [0.4, 0.5) is 11.8 Å². The van der Waals surface area contributed by atoms with E-state index in [1.807, 2.05) is 41.0 Å². The Morgan fingerprint density at radius 1 is 0.964 bits per heavy atom. The lowest BCUT2D eigenvalue weighted by atomic mass is 10.2. The lowest BCUT2D eigenvalue weighted by molar-refractivity contribution is 0.399. The second-order valence-electron chi connectivity index (χ2n) is 6.11. The van der Waals surface area contributed by atoms with Crippen molar-refractivity contribution in [1.82, 2.24) is 24.5 Å². The molecule has 4 heterocycles. The van der Waals surface area contributed by atoms with E-state index in [-0.39, 0.29) is 5.95 Å². The van der Waals surface area contributed by atoms with E-state index < -0.39 is 0 Å². The molecule has 4 aromatic heterocycles. The van der Waals surface area contributed by atoms with E-state index in [2.05, 4.69) is 15.0 Å². The highest BCUT2D eigenvalue weighted by Gasteiger charge is 2.19. The van der Waals surface area contributed by atoms with E-state index in [1.165, 1.54) is 0 Å². The van der Waals surface area contributed by atoms with Crippen molar-refractivity contribution in [2.75, 3.05) is 18.6 Å². The number of hydrogen-bond acceptors (Lipinski definition) is 8. The van der Waals surface area contributed by atoms with E-state index in [0.29, 0.717) is 45.3 Å². The Balaban J connectivity index is 1.84. The molecule has 28 heavy (non-hydrogen) atoms. The number of methoxy groups -OCH3 is 1. The molecular weight excluding hydrogens is 358 g/mol. The van der Waals surface area contributed by atoms with Gasteiger partial charge in [-0.3, -0.25) is 4.57 Å². The van der Waals surface area contributed by atoms with Crippen molar-refractivity contribution in [3.05, 3.63) is 48.7 Å². The molecule has 0 saturated carbocycles. The van der Waals surface area contributed by atoms with Crippen LogP contribution in [0.2, 0.25) is 0 Å². The number of benzene rings is 1. The molecule has 0 amide bonds. The van der Waals surface area contributed by atoms with Gasteiger partial charge in [0, 0.05) is 11.5 Å². The normalized spacial score (nSPS) is 11.3. The van der Waals surface area contributed by atoms with E-state index >= 15 is 0 Å². The van der Waals surface area contributed by atoms with Gasteiger partial charge in [-0.05, 0) is 36.4 Å². The minimum atomic E-state index is 0.115. The molecule has 0 saturated heterocycles. The third-order valence-electron chi connectivity index (χ3n) is 4.42. The first-order valence-electron chi connectivity index (χ1n) is 8.44. The summed E-state index contributed by atoms with van der Waals surface area (Å²) in [6.45, 7) is 0. The van der Waals surface area contributed by atoms with Crippen molar-refractivity contribution in [1.29, 1.82) is 0 Å². The van der Waals surface area contributed by atoms with Crippen molar-refractivity contribution in [2.24, 2.45) is 0 Å². The lowest BCUT2D eigenvalue weighted by Gasteiger charge is -2.10. The SMILES string of the molecule is COc1ccc2nc(-c3ccco3)n(-c3ccc4c(N)nc(N)nc4c3)c2n1. The number of nitrogens with two attached hydrogens (primary N) is 2. The van der Waals surface area contributed by atoms with Gasteiger partial charge in [-0.25, -0.2) is 9.97 Å². The van der Waals surface area contributed by atoms with Crippen molar-refractivity contribution < 1.29 is 9.15 Å². The Kier molecular flexibility index (Phi) is 3.41. The highest BCUT2D eigenvalue weighted by atomic mass is 16.5. The molecule has 5 rings (SSSR count). The van der Waals surface area contributed by atoms with E-state index in [9.17, 15) is 0 Å². The molecule has 0 bridgehead atoms. The van der Waals surface area contributed by atoms with Gasteiger partial charge in [0.05, 0.1) is 24.6 Å². The molecule has 1 aromatic carbocycles. The molecule has 0 aliphatic carbocycles. The van der Waals surface area contributed by atoms with Crippen LogP contribution in [-0.4, -0.2) is 31.6 Å². The highest BCUT2D eigenvalue weighted by molar-refractivity contribution is 5.91. The number of fused-ring (bicyclic) bond motifs is 2. The largest absolute Gasteiger partial charge is 0.481 e. The molecule has 0 radical (unpaired) electrons. The molecule has 9 heteroatoms. The average molecular weight is 373 g/mol. The zero-order valence-corrected chi connectivity index (χ0v) is 14.8. The van der Waals surface area contributed by atoms with Gasteiger partial charge in [0.2, 0.25) is 11.8 Å². The summed E-state index contributed by atoms with van der Waals surface area (Å²) in [7, 11) is 1.57. The van der Waals surface area contributed by atoms with Crippen molar-refractivity contribution >= 4 is 33.8 Å². The molecule has 9 nitrogen and oxygen atoms in total. The van der Waals surface area contributed by atoms with Crippen LogP contribution in [0.5, 0.6) is 5.88 Å². The molecule has 0 atom stereocenters. The summed E-state index contributed by atoms with van der Waals surface area (Å²) in [6, 6.07) is 12.9. The summed E-state index contributed by atoms with van der Waals surface area (Å²) >= 11 is 0. The number of ether oxygens (including phenoxy) is 1. The van der Waals surface area contributed by atoms with Crippen LogP contribution < -0.4 is 16.2 Å². The number of pyridine rings is 1. The zero-order valence-electron chi connectivity index (χ0n) is 14.8. The number of nitrogens with zero attached hydrogens (tertiary/aromatic N) is 5. The van der Waals surface area contributed by atoms with Crippen LogP contribution in [-0.2, 0) is 0 Å². The monoisotopic (exact) mass is 373 g/mol. The Bertz CT molecular complexity index is 1330. The standard InChI is InChI=1S/C19H15N7O2/c1-27-15-7-6-12-17(24-15)26(18(22-12)14-3-2-8-28-14)10-4-5-11-13(9-10)23-19(21)25-16(11)20/h2-9H,1H3,(H4,20,21,23,25). The van der Waals surface area contributed by atoms with Crippen LogP contribution in [0.3, 0.4) is 0 Å². The van der Waals surface area contributed by atoms with Gasteiger partial charge in [0.15, 0.2) is 17.2 Å². The van der Waals surface area contributed by atoms with Gasteiger partial charge < -0.3 is 20.6 Å². The minimum Gasteiger partial charge on any atom is -0.481 e. The number of anilines is 2. The second-order valence-corrected chi connectivity index (χ2v) is 6.11. The molecule has 4 N–H and O–H groups in total. The van der Waals surface area contributed by atoms with Crippen LogP contribution in [0.1, 0.15) is 0 Å². The lowest BCUT2D eigenvalue weighted by Crippen LogP contribution is -2.03. The number of hydrogen-bond donors (Lipinski definition) is 2. The second kappa shape index (κ2) is 5.95. The van der Waals surface area contributed by atoms with E-state index in [0.717, 1.165) is 5.69 Å². The van der Waals surface area contributed by atoms with Crippen LogP contribution >= 0.6 is 0 Å². The summed E-state index contributed by atoms with van der Waals surface area (Å²) in [4.78, 5) is 17.6. The van der Waals surface area contributed by atoms with Crippen molar-refractivity contribution in [3.8, 4) is 23.2 Å². The average Bonchev–Trinajstić information content (AvgIpc) is 3.34. The van der Waals surface area contributed by atoms with Gasteiger partial charge >= 0.3 is 0 Å². The fraction of sp³-hybridized carbons (Fsp3) is 0.0526. The predicted molar refractivity (Wildman–Crippen MR) is 105 cm³/mol. The summed E-state index contributed by atoms with van der Waals surface area (Å²) in [5.74, 6) is 2.14. The van der Waals surface area contributed by atoms with Crippen LogP contribution in [0, 0.1) is 0 Å². The summed E-state index contributed by atoms with van der Waals surface area (Å²) in [5, 5.41) is 0.715. The third-order valence-corrected chi connectivity index (χ3v) is 4.42. The number of furan rings is 1. The van der Waals surface area contributed by atoms with Gasteiger partial charge in [0.25, 0.3) is 0 Å². The van der Waals surface area contributed by atoms with Crippen molar-refractivity contribution in [2.45, 2.75) is 0 Å². The smallest absolute Gasteiger partial charge is 0.222 e. The third kappa shape index (κ3) is 2.41. The number of nitrogen functional groups attached to an aromatic ring is 2. The first kappa shape index (κ1) is 16.1. The highest BCUT2D eigenvalue weighted by Crippen LogP contribution is 2.31. The van der Waals surface area contributed by atoms with Gasteiger partial charge in [-0.2, -0.15) is 9.97 Å². The number of aromatic nitrogens is 5. The summed E-state index contributed by atoms with van der Waals surface area (Å²) < 4.78 is 12.8. The fourth-order valence-electron chi connectivity index (χ4n) is 3.17. The first-order chi connectivity index (χ1) is 13.6. The van der Waals surface area contributed by atoms with Gasteiger partial charge in [0.1, 0.15) is 11.3 Å². The molecule has 0 aliphatic heterocycles. The topological polar surface area (TPSA) is 131 Å². The van der Waals surface area contributed by atoms with Gasteiger partial charge in [-0.15, -0.1) is 0 Å². The minimum absolute atomic E-state index is 0.115. The summed E-state index contributed by atoms with van der Waals surface area (Å²) in [5.41, 5.74) is 14.5. The Morgan fingerprint density at radius 2 is 1.86 bits per heavy atom. The molecule has 0 fully saturated rings. The first-order valence-corrected chi connectivity index (χ1v) is 8.44. The number of rotatable bonds is 3. The maximum absolute atomic E-state index is 5.97. The Labute approximate surface area is 158 Å². The molecule has 0 unspecified atom stereocenters. The molecule has 5 aromatic rings. The van der Waals surface area contributed by atoms with Crippen LogP contribution in [0.25, 0.3) is 39.3 Å². The maximum Gasteiger partial charge on any atom is 0.222 e. The molecule has 0 spiro atoms. The molecular formula is C19H15N7O2. The molecule has 0 aliphatic rings. The maximum atomic E-state index is 5.97. The zero-order chi connectivity index (χ0) is 19.3. The number of imidazole rings is 1. The quantitative estimate of drug-likeness (QED) is 0.493. The Hall–Kier alpha value is -4.14. The van der Waals surface area contributed by atoms with Crippen molar-refractivity contribution in [3.63, 3.8) is 0 Å². The summed E-state index contributed by atoms with van der Waals surface area (Å²) in [6.07, 6.45) is 1.60. The van der Waals surface area contributed by atoms with Crippen LogP contribution in [0.15, 0.2) is 53.1 Å². The van der Waals surface area contributed by atoms with Gasteiger partial charge in [-0.1, -0.05) is 0 Å². The Morgan fingerprint density at radius 3 is 2.64 bits per heavy atom. The predicted octanol–water partition coefficient (Wildman–Crippen LogP) is 2.80. The van der Waals surface area contributed by atoms with E-state index in [4.69, 9.17) is 25.6 Å². The van der Waals surface area contributed by atoms with E-state index in [1.54, 1.807) is 19.4 Å². The fourth-order valence-corrected chi connectivity index (χ4v) is 3.17.